The third-order valence-electron chi connectivity index (χ3n) is 7.14. The van der Waals surface area contributed by atoms with Gasteiger partial charge in [0.15, 0.2) is 0 Å². The Morgan fingerprint density at radius 2 is 1.26 bits per heavy atom. The van der Waals surface area contributed by atoms with Crippen LogP contribution in [-0.2, 0) is 4.79 Å². The van der Waals surface area contributed by atoms with Gasteiger partial charge in [0.05, 0.1) is 0 Å². The predicted octanol–water partition coefficient (Wildman–Crippen LogP) is 9.98. The molecule has 0 aliphatic rings. The first-order valence-electron chi connectivity index (χ1n) is 13.5. The molecule has 0 bridgehead atoms. The Kier molecular flexibility index (Phi) is 10.3. The van der Waals surface area contributed by atoms with Gasteiger partial charge in [0.25, 0.3) is 0 Å². The summed E-state index contributed by atoms with van der Waals surface area (Å²) in [5, 5.41) is 1.12. The molecule has 1 aromatic rings. The van der Waals surface area contributed by atoms with Crippen molar-refractivity contribution in [1.29, 1.82) is 0 Å². The van der Waals surface area contributed by atoms with Crippen LogP contribution in [-0.4, -0.2) is 34.0 Å². The molecule has 0 aromatic heterocycles. The third-order valence-corrected chi connectivity index (χ3v) is 27.7. The van der Waals surface area contributed by atoms with Gasteiger partial charge in [-0.2, -0.15) is 0 Å². The van der Waals surface area contributed by atoms with Gasteiger partial charge in [0.2, 0.25) is 0 Å². The summed E-state index contributed by atoms with van der Waals surface area (Å²) in [6.45, 7) is 36.1. The molecule has 0 radical (unpaired) electrons. The maximum absolute atomic E-state index is 13.3. The Morgan fingerprint density at radius 1 is 0.800 bits per heavy atom. The van der Waals surface area contributed by atoms with E-state index in [9.17, 15) is 4.79 Å². The van der Waals surface area contributed by atoms with E-state index in [2.05, 4.69) is 144 Å². The van der Waals surface area contributed by atoms with Crippen molar-refractivity contribution in [3.63, 3.8) is 0 Å². The molecule has 0 aliphatic heterocycles. The Bertz CT molecular complexity index is 843. The van der Waals surface area contributed by atoms with Crippen molar-refractivity contribution in [2.24, 2.45) is 10.8 Å². The zero-order valence-corrected chi connectivity index (χ0v) is 29.1. The molecule has 0 aliphatic carbocycles. The van der Waals surface area contributed by atoms with Crippen LogP contribution in [0.3, 0.4) is 0 Å². The second-order valence-corrected chi connectivity index (χ2v) is 32.3. The minimum absolute atomic E-state index is 0.0147. The number of carbonyl (C=O) groups excluding carboxylic acids is 1. The van der Waals surface area contributed by atoms with Crippen LogP contribution in [0.25, 0.3) is 0 Å². The fourth-order valence-electron chi connectivity index (χ4n) is 6.23. The van der Waals surface area contributed by atoms with Crippen molar-refractivity contribution in [1.82, 2.24) is 0 Å². The molecule has 0 N–H and O–H groups in total. The van der Waals surface area contributed by atoms with Gasteiger partial charge < -0.3 is 0 Å². The molecule has 0 spiro atoms. The molecule has 1 amide bonds. The van der Waals surface area contributed by atoms with E-state index in [1.165, 1.54) is 6.41 Å². The second-order valence-electron chi connectivity index (χ2n) is 16.1. The Hall–Kier alpha value is -0.495. The molecule has 0 saturated heterocycles. The average Bonchev–Trinajstić information content (AvgIpc) is 2.60. The van der Waals surface area contributed by atoms with Gasteiger partial charge in [-0.15, -0.1) is 0 Å². The van der Waals surface area contributed by atoms with Crippen LogP contribution in [0.2, 0.25) is 18.1 Å². The number of hydrogen-bond donors (Lipinski definition) is 0. The maximum atomic E-state index is 13.3. The summed E-state index contributed by atoms with van der Waals surface area (Å²) in [6.07, 6.45) is 4.99. The molecule has 1 rings (SSSR count). The van der Waals surface area contributed by atoms with Crippen LogP contribution < -0.4 is 3.86 Å². The van der Waals surface area contributed by atoms with Crippen molar-refractivity contribution in [2.45, 2.75) is 128 Å². The molecular formula is C31H56AlGeNO. The Labute approximate surface area is 226 Å². The van der Waals surface area contributed by atoms with E-state index in [0.717, 1.165) is 17.4 Å². The van der Waals surface area contributed by atoms with Crippen LogP contribution in [0.5, 0.6) is 0 Å². The van der Waals surface area contributed by atoms with Gasteiger partial charge in [0, 0.05) is 0 Å². The topological polar surface area (TPSA) is 20.3 Å². The molecular weight excluding hydrogens is 502 g/mol. The van der Waals surface area contributed by atoms with Crippen molar-refractivity contribution in [2.75, 3.05) is 3.86 Å². The second kappa shape index (κ2) is 11.1. The van der Waals surface area contributed by atoms with Crippen LogP contribution in [0.4, 0.5) is 5.69 Å². The summed E-state index contributed by atoms with van der Waals surface area (Å²) in [6, 6.07) is 10.5. The average molecular weight is 558 g/mol. The fraction of sp³-hybridized carbons (Fsp3) is 0.710. The van der Waals surface area contributed by atoms with Crippen molar-refractivity contribution < 1.29 is 4.79 Å². The predicted molar refractivity (Wildman–Crippen MR) is 162 cm³/mol. The Morgan fingerprint density at radius 3 is 1.57 bits per heavy atom. The van der Waals surface area contributed by atoms with Crippen molar-refractivity contribution in [3.8, 4) is 0 Å². The summed E-state index contributed by atoms with van der Waals surface area (Å²) >= 11 is -4.96. The molecule has 1 aromatic carbocycles. The summed E-state index contributed by atoms with van der Waals surface area (Å²) in [7, 11) is 0. The first-order valence-corrected chi connectivity index (χ1v) is 19.8. The third kappa shape index (κ3) is 8.51. The minimum atomic E-state index is -3.37. The number of anilines is 1. The van der Waals surface area contributed by atoms with Crippen LogP contribution in [0.1, 0.15) is 110 Å². The van der Waals surface area contributed by atoms with Crippen LogP contribution >= 0.6 is 0 Å². The first kappa shape index (κ1) is 32.5. The molecule has 2 nitrogen and oxygen atoms in total. The number of hydrogen-bond acceptors (Lipinski definition) is 1. The van der Waals surface area contributed by atoms with Crippen LogP contribution in [0.15, 0.2) is 39.7 Å². The number of allylic oxidation sites excluding steroid dienone is 1. The Balaban J connectivity index is 4.33. The van der Waals surface area contributed by atoms with Crippen molar-refractivity contribution >= 4 is 39.7 Å². The number of carbonyl (C=O) groups is 1. The standard InChI is InChI=1S/C23H38GeNO.2C4H9.Al/c1-21(2,3)15-17-24(23(7,8)9,18-16-22(4,5)6)25(19-26)20-13-11-10-12-14-20;2*1-4(2)3;/h10-15,19H,16,18H2,1-9H3;2*1-3H3;/t24-;;;/m0.../s1. The normalized spacial score (nSPS) is 16.0. The van der Waals surface area contributed by atoms with Gasteiger partial charge in [-0.25, -0.2) is 0 Å². The number of amides is 1. The van der Waals surface area contributed by atoms with Gasteiger partial charge in [-0.05, 0) is 0 Å². The summed E-state index contributed by atoms with van der Waals surface area (Å²) in [5.74, 6) is 0. The SMILES string of the molecule is CC(C)(C)/C=[C](/[Al]([C](C)(C)C)[C](C)(C)C)[Ge@@]([CH2]CC(C)(C)C)([N](C=O)c1ccccc1)[C](C)(C)C. The molecule has 0 fully saturated rings. The molecule has 0 heterocycles. The fourth-order valence-corrected chi connectivity index (χ4v) is 36.0. The molecule has 198 valence electrons. The number of para-hydroxylation sites is 1. The summed E-state index contributed by atoms with van der Waals surface area (Å²) in [5.41, 5.74) is 1.33. The molecule has 35 heavy (non-hydrogen) atoms. The van der Waals surface area contributed by atoms with E-state index < -0.39 is 27.6 Å². The number of benzene rings is 1. The van der Waals surface area contributed by atoms with Crippen molar-refractivity contribution in [3.05, 3.63) is 39.7 Å². The summed E-state index contributed by atoms with van der Waals surface area (Å²) < 4.78 is 4.45. The zero-order valence-electron chi connectivity index (χ0n) is 25.9. The van der Waals surface area contributed by atoms with E-state index in [0.29, 0.717) is 0 Å². The monoisotopic (exact) mass is 559 g/mol. The molecule has 0 saturated carbocycles. The van der Waals surface area contributed by atoms with Gasteiger partial charge >= 0.3 is 227 Å². The van der Waals surface area contributed by atoms with Crippen LogP contribution in [0, 0.1) is 10.8 Å². The van der Waals surface area contributed by atoms with E-state index in [4.69, 9.17) is 0 Å². The number of nitrogens with zero attached hydrogens (tertiary/aromatic N) is 1. The van der Waals surface area contributed by atoms with E-state index in [-0.39, 0.29) is 23.6 Å². The number of rotatable bonds is 7. The molecule has 0 unspecified atom stereocenters. The van der Waals surface area contributed by atoms with Gasteiger partial charge in [0.1, 0.15) is 0 Å². The molecule has 4 heteroatoms. The first-order chi connectivity index (χ1) is 15.5. The quantitative estimate of drug-likeness (QED) is 0.241. The van der Waals surface area contributed by atoms with E-state index in [1.807, 2.05) is 0 Å². The van der Waals surface area contributed by atoms with Gasteiger partial charge in [-0.3, -0.25) is 0 Å². The molecule has 1 atom stereocenters. The van der Waals surface area contributed by atoms with E-state index >= 15 is 0 Å². The summed E-state index contributed by atoms with van der Waals surface area (Å²) in [4.78, 5) is 13.3. The van der Waals surface area contributed by atoms with E-state index in [1.54, 1.807) is 3.27 Å². The van der Waals surface area contributed by atoms with Gasteiger partial charge in [-0.1, -0.05) is 0 Å². The zero-order chi connectivity index (χ0) is 27.7.